The van der Waals surface area contributed by atoms with E-state index in [0.29, 0.717) is 27.9 Å². The van der Waals surface area contributed by atoms with Gasteiger partial charge in [0.1, 0.15) is 0 Å². The third-order valence-electron chi connectivity index (χ3n) is 4.00. The molecule has 1 aliphatic heterocycles. The van der Waals surface area contributed by atoms with Crippen LogP contribution < -0.4 is 10.5 Å². The Kier molecular flexibility index (Phi) is 5.22. The summed E-state index contributed by atoms with van der Waals surface area (Å²) < 4.78 is 28.0. The zero-order chi connectivity index (χ0) is 15.6. The summed E-state index contributed by atoms with van der Waals surface area (Å²) in [6.45, 7) is 6.00. The molecule has 0 spiro atoms. The molecule has 1 aromatic rings. The molecular formula is C15H24N2O2S2. The summed E-state index contributed by atoms with van der Waals surface area (Å²) in [4.78, 5) is 0.339. The smallest absolute Gasteiger partial charge is 0.241 e. The van der Waals surface area contributed by atoms with Crippen LogP contribution in [0, 0.1) is 20.8 Å². The van der Waals surface area contributed by atoms with Gasteiger partial charge in [-0.2, -0.15) is 11.8 Å². The molecule has 2 rings (SSSR count). The van der Waals surface area contributed by atoms with Gasteiger partial charge in [0.05, 0.1) is 4.90 Å². The summed E-state index contributed by atoms with van der Waals surface area (Å²) in [7, 11) is -3.50. The molecule has 0 aromatic heterocycles. The van der Waals surface area contributed by atoms with E-state index in [1.807, 2.05) is 31.7 Å². The minimum absolute atomic E-state index is 0.339. The zero-order valence-electron chi connectivity index (χ0n) is 12.9. The number of nitrogens with two attached hydrogens (primary N) is 1. The Morgan fingerprint density at radius 1 is 1.29 bits per heavy atom. The lowest BCUT2D eigenvalue weighted by Gasteiger charge is -2.22. The molecule has 1 aromatic carbocycles. The second-order valence-corrected chi connectivity index (χ2v) is 8.83. The third-order valence-corrected chi connectivity index (χ3v) is 7.11. The number of nitrogens with one attached hydrogen (secondary N) is 1. The Hall–Kier alpha value is -0.720. The summed E-state index contributed by atoms with van der Waals surface area (Å²) in [5.74, 6) is 1.13. The van der Waals surface area contributed by atoms with Crippen LogP contribution in [0.15, 0.2) is 11.0 Å². The predicted molar refractivity (Wildman–Crippen MR) is 90.4 cm³/mol. The molecule has 4 nitrogen and oxygen atoms in total. The number of benzene rings is 1. The van der Waals surface area contributed by atoms with Crippen molar-refractivity contribution in [3.63, 3.8) is 0 Å². The molecule has 3 N–H and O–H groups in total. The van der Waals surface area contributed by atoms with Gasteiger partial charge in [-0.15, -0.1) is 0 Å². The number of nitrogen functional groups attached to an aromatic ring is 1. The van der Waals surface area contributed by atoms with Gasteiger partial charge >= 0.3 is 0 Å². The fourth-order valence-corrected chi connectivity index (χ4v) is 5.74. The van der Waals surface area contributed by atoms with Gasteiger partial charge in [-0.3, -0.25) is 0 Å². The first-order valence-corrected chi connectivity index (χ1v) is 9.83. The Balaban J connectivity index is 2.21. The lowest BCUT2D eigenvalue weighted by molar-refractivity contribution is 0.572. The maximum Gasteiger partial charge on any atom is 0.241 e. The van der Waals surface area contributed by atoms with Gasteiger partial charge in [0.2, 0.25) is 10.0 Å². The molecule has 1 saturated heterocycles. The van der Waals surface area contributed by atoms with E-state index in [1.54, 1.807) is 6.92 Å². The molecule has 1 fully saturated rings. The van der Waals surface area contributed by atoms with Gasteiger partial charge < -0.3 is 5.73 Å². The van der Waals surface area contributed by atoms with Gasteiger partial charge in [0.25, 0.3) is 0 Å². The van der Waals surface area contributed by atoms with E-state index in [0.717, 1.165) is 23.3 Å². The SMILES string of the molecule is Cc1cc(C)c(S(=O)(=O)NCC2CCCCS2)c(C)c1N. The largest absolute Gasteiger partial charge is 0.398 e. The Bertz CT molecular complexity index is 621. The topological polar surface area (TPSA) is 72.2 Å². The third kappa shape index (κ3) is 3.73. The minimum atomic E-state index is -3.50. The predicted octanol–water partition coefficient (Wildman–Crippen LogP) is 2.76. The first kappa shape index (κ1) is 16.6. The summed E-state index contributed by atoms with van der Waals surface area (Å²) in [6.07, 6.45) is 3.51. The van der Waals surface area contributed by atoms with Crippen molar-refractivity contribution in [3.8, 4) is 0 Å². The van der Waals surface area contributed by atoms with Crippen LogP contribution in [0.25, 0.3) is 0 Å². The molecular weight excluding hydrogens is 304 g/mol. The zero-order valence-corrected chi connectivity index (χ0v) is 14.5. The highest BCUT2D eigenvalue weighted by Crippen LogP contribution is 2.29. The molecule has 0 amide bonds. The normalized spacial score (nSPS) is 19.7. The molecule has 0 radical (unpaired) electrons. The molecule has 0 aliphatic carbocycles. The van der Waals surface area contributed by atoms with Crippen molar-refractivity contribution in [2.24, 2.45) is 0 Å². The molecule has 21 heavy (non-hydrogen) atoms. The molecule has 1 atom stereocenters. The number of rotatable bonds is 4. The van der Waals surface area contributed by atoms with Gasteiger partial charge in [-0.1, -0.05) is 12.5 Å². The fourth-order valence-electron chi connectivity index (χ4n) is 2.84. The average Bonchev–Trinajstić information content (AvgIpc) is 2.44. The van der Waals surface area contributed by atoms with Crippen LogP contribution in [0.3, 0.4) is 0 Å². The monoisotopic (exact) mass is 328 g/mol. The van der Waals surface area contributed by atoms with Crippen LogP contribution in [0.2, 0.25) is 0 Å². The van der Waals surface area contributed by atoms with Crippen LogP contribution in [0.1, 0.15) is 36.0 Å². The molecule has 6 heteroatoms. The molecule has 1 unspecified atom stereocenters. The van der Waals surface area contributed by atoms with Crippen molar-refractivity contribution in [2.45, 2.75) is 50.2 Å². The van der Waals surface area contributed by atoms with Crippen molar-refractivity contribution in [2.75, 3.05) is 18.0 Å². The lowest BCUT2D eigenvalue weighted by atomic mass is 10.1. The minimum Gasteiger partial charge on any atom is -0.398 e. The van der Waals surface area contributed by atoms with E-state index in [1.165, 1.54) is 12.8 Å². The van der Waals surface area contributed by atoms with Crippen LogP contribution in [-0.2, 0) is 10.0 Å². The molecule has 0 saturated carbocycles. The second kappa shape index (κ2) is 6.58. The quantitative estimate of drug-likeness (QED) is 0.834. The van der Waals surface area contributed by atoms with E-state index in [2.05, 4.69) is 4.72 Å². The average molecular weight is 329 g/mol. The first-order valence-electron chi connectivity index (χ1n) is 7.30. The summed E-state index contributed by atoms with van der Waals surface area (Å²) in [5, 5.41) is 0.386. The summed E-state index contributed by atoms with van der Waals surface area (Å²) >= 11 is 1.86. The summed E-state index contributed by atoms with van der Waals surface area (Å²) in [5.41, 5.74) is 8.88. The maximum absolute atomic E-state index is 12.6. The number of sulfonamides is 1. The number of thioether (sulfide) groups is 1. The van der Waals surface area contributed by atoms with Crippen molar-refractivity contribution < 1.29 is 8.42 Å². The fraction of sp³-hybridized carbons (Fsp3) is 0.600. The molecule has 1 heterocycles. The summed E-state index contributed by atoms with van der Waals surface area (Å²) in [6, 6.07) is 1.84. The number of anilines is 1. The highest BCUT2D eigenvalue weighted by molar-refractivity contribution is 8.00. The van der Waals surface area contributed by atoms with Gasteiger partial charge in [-0.25, -0.2) is 13.1 Å². The van der Waals surface area contributed by atoms with Crippen LogP contribution >= 0.6 is 11.8 Å². The van der Waals surface area contributed by atoms with Crippen LogP contribution in [0.5, 0.6) is 0 Å². The highest BCUT2D eigenvalue weighted by Gasteiger charge is 2.23. The first-order chi connectivity index (χ1) is 9.83. The van der Waals surface area contributed by atoms with Crippen LogP contribution in [0.4, 0.5) is 5.69 Å². The number of aryl methyl sites for hydroxylation is 2. The Morgan fingerprint density at radius 3 is 2.62 bits per heavy atom. The van der Waals surface area contributed by atoms with Gasteiger partial charge in [-0.05, 0) is 56.1 Å². The van der Waals surface area contributed by atoms with Crippen molar-refractivity contribution >= 4 is 27.5 Å². The lowest BCUT2D eigenvalue weighted by Crippen LogP contribution is -2.33. The van der Waals surface area contributed by atoms with E-state index in [9.17, 15) is 8.42 Å². The number of hydrogen-bond donors (Lipinski definition) is 2. The van der Waals surface area contributed by atoms with E-state index in [-0.39, 0.29) is 0 Å². The van der Waals surface area contributed by atoms with E-state index < -0.39 is 10.0 Å². The number of hydrogen-bond acceptors (Lipinski definition) is 4. The van der Waals surface area contributed by atoms with Crippen molar-refractivity contribution in [1.82, 2.24) is 4.72 Å². The van der Waals surface area contributed by atoms with E-state index >= 15 is 0 Å². The Labute approximate surface area is 131 Å². The van der Waals surface area contributed by atoms with Crippen LogP contribution in [-0.4, -0.2) is 26.0 Å². The highest BCUT2D eigenvalue weighted by atomic mass is 32.2. The Morgan fingerprint density at radius 2 is 2.00 bits per heavy atom. The van der Waals surface area contributed by atoms with Crippen molar-refractivity contribution in [3.05, 3.63) is 22.8 Å². The van der Waals surface area contributed by atoms with E-state index in [4.69, 9.17) is 5.73 Å². The van der Waals surface area contributed by atoms with Gasteiger partial charge in [0, 0.05) is 17.5 Å². The second-order valence-electron chi connectivity index (χ2n) is 5.72. The maximum atomic E-state index is 12.6. The molecule has 0 bridgehead atoms. The van der Waals surface area contributed by atoms with Gasteiger partial charge in [0.15, 0.2) is 0 Å². The molecule has 118 valence electrons. The molecule has 1 aliphatic rings. The standard InChI is InChI=1S/C15H24N2O2S2/c1-10-8-11(2)15(12(3)14(10)16)21(18,19)17-9-13-6-4-5-7-20-13/h8,13,17H,4-7,9,16H2,1-3H3. The van der Waals surface area contributed by atoms with Crippen molar-refractivity contribution in [1.29, 1.82) is 0 Å².